The summed E-state index contributed by atoms with van der Waals surface area (Å²) >= 11 is 0. The van der Waals surface area contributed by atoms with Crippen LogP contribution in [0.15, 0.2) is 24.3 Å². The lowest BCUT2D eigenvalue weighted by atomic mass is 10.2. The van der Waals surface area contributed by atoms with Crippen LogP contribution in [-0.4, -0.2) is 51.7 Å². The third kappa shape index (κ3) is 4.61. The molecule has 6 nitrogen and oxygen atoms in total. The average molecular weight is 308 g/mol. The zero-order valence-electron chi connectivity index (χ0n) is 13.2. The Morgan fingerprint density at radius 3 is 2.77 bits per heavy atom. The molecule has 0 saturated carbocycles. The molecule has 0 spiro atoms. The Labute approximate surface area is 131 Å². The molecular weight excluding hydrogens is 284 g/mol. The molecule has 1 aromatic rings. The molecule has 0 saturated heterocycles. The van der Waals surface area contributed by atoms with Crippen LogP contribution in [-0.2, 0) is 14.3 Å². The number of anilines is 1. The standard InChI is InChI=1S/C16H24N2O4/c1-3-20-16(21-4-2)11-17-15(19)12-18-9-10-22-14-8-6-5-7-13(14)18/h5-8,16H,3-4,9-12H2,1-2H3,(H,17,19). The number of carbonyl (C=O) groups excluding carboxylic acids is 1. The summed E-state index contributed by atoms with van der Waals surface area (Å²) in [6.07, 6.45) is -0.393. The molecule has 22 heavy (non-hydrogen) atoms. The molecule has 0 aromatic heterocycles. The van der Waals surface area contributed by atoms with Gasteiger partial charge in [-0.2, -0.15) is 0 Å². The molecule has 1 N–H and O–H groups in total. The van der Waals surface area contributed by atoms with Crippen LogP contribution in [0.2, 0.25) is 0 Å². The maximum Gasteiger partial charge on any atom is 0.239 e. The first-order valence-electron chi connectivity index (χ1n) is 7.71. The first kappa shape index (κ1) is 16.6. The Hall–Kier alpha value is -1.79. The molecule has 1 amide bonds. The second-order valence-electron chi connectivity index (χ2n) is 4.88. The van der Waals surface area contributed by atoms with E-state index in [0.717, 1.165) is 11.4 Å². The Balaban J connectivity index is 1.85. The quantitative estimate of drug-likeness (QED) is 0.736. The van der Waals surface area contributed by atoms with Crippen molar-refractivity contribution in [3.05, 3.63) is 24.3 Å². The second-order valence-corrected chi connectivity index (χ2v) is 4.88. The van der Waals surface area contributed by atoms with Crippen molar-refractivity contribution in [2.75, 3.05) is 44.4 Å². The molecule has 0 unspecified atom stereocenters. The number of amides is 1. The number of carbonyl (C=O) groups is 1. The van der Waals surface area contributed by atoms with Gasteiger partial charge >= 0.3 is 0 Å². The number of nitrogens with zero attached hydrogens (tertiary/aromatic N) is 1. The van der Waals surface area contributed by atoms with Crippen LogP contribution in [0.1, 0.15) is 13.8 Å². The molecule has 0 atom stereocenters. The van der Waals surface area contributed by atoms with E-state index in [2.05, 4.69) is 5.32 Å². The van der Waals surface area contributed by atoms with E-state index in [1.54, 1.807) is 0 Å². The van der Waals surface area contributed by atoms with Crippen LogP contribution < -0.4 is 15.0 Å². The molecule has 1 aliphatic rings. The van der Waals surface area contributed by atoms with E-state index in [9.17, 15) is 4.79 Å². The first-order chi connectivity index (χ1) is 10.7. The van der Waals surface area contributed by atoms with Gasteiger partial charge in [-0.3, -0.25) is 4.79 Å². The van der Waals surface area contributed by atoms with Crippen molar-refractivity contribution in [3.63, 3.8) is 0 Å². The molecule has 2 rings (SSSR count). The number of rotatable bonds is 8. The van der Waals surface area contributed by atoms with E-state index < -0.39 is 6.29 Å². The Morgan fingerprint density at radius 1 is 1.32 bits per heavy atom. The number of benzene rings is 1. The van der Waals surface area contributed by atoms with Crippen molar-refractivity contribution in [1.29, 1.82) is 0 Å². The number of fused-ring (bicyclic) bond motifs is 1. The predicted molar refractivity (Wildman–Crippen MR) is 84.2 cm³/mol. The van der Waals surface area contributed by atoms with Crippen LogP contribution in [0.3, 0.4) is 0 Å². The van der Waals surface area contributed by atoms with Crippen molar-refractivity contribution < 1.29 is 19.0 Å². The topological polar surface area (TPSA) is 60.0 Å². The summed E-state index contributed by atoms with van der Waals surface area (Å²) < 4.78 is 16.4. The molecule has 6 heteroatoms. The van der Waals surface area contributed by atoms with Gasteiger partial charge in [0, 0.05) is 13.2 Å². The summed E-state index contributed by atoms with van der Waals surface area (Å²) in [6.45, 7) is 6.85. The third-order valence-corrected chi connectivity index (χ3v) is 3.33. The molecule has 0 bridgehead atoms. The van der Waals surface area contributed by atoms with Crippen LogP contribution >= 0.6 is 0 Å². The fraction of sp³-hybridized carbons (Fsp3) is 0.562. The molecular formula is C16H24N2O4. The van der Waals surface area contributed by atoms with E-state index in [1.807, 2.05) is 43.0 Å². The highest BCUT2D eigenvalue weighted by Gasteiger charge is 2.20. The number of hydrogen-bond acceptors (Lipinski definition) is 5. The van der Waals surface area contributed by atoms with Gasteiger partial charge in [0.05, 0.1) is 25.3 Å². The highest BCUT2D eigenvalue weighted by molar-refractivity contribution is 5.82. The van der Waals surface area contributed by atoms with Crippen LogP contribution in [0.5, 0.6) is 5.75 Å². The van der Waals surface area contributed by atoms with Crippen molar-refractivity contribution in [2.24, 2.45) is 0 Å². The lowest BCUT2D eigenvalue weighted by molar-refractivity contribution is -0.140. The predicted octanol–water partition coefficient (Wildman–Crippen LogP) is 1.40. The Morgan fingerprint density at radius 2 is 2.05 bits per heavy atom. The number of para-hydroxylation sites is 2. The number of nitrogens with one attached hydrogen (secondary N) is 1. The lowest BCUT2D eigenvalue weighted by Gasteiger charge is -2.30. The minimum absolute atomic E-state index is 0.0545. The lowest BCUT2D eigenvalue weighted by Crippen LogP contribution is -2.44. The summed E-state index contributed by atoms with van der Waals surface area (Å²) in [7, 11) is 0. The van der Waals surface area contributed by atoms with E-state index in [0.29, 0.717) is 39.5 Å². The highest BCUT2D eigenvalue weighted by Crippen LogP contribution is 2.30. The normalized spacial score (nSPS) is 13.7. The SMILES string of the molecule is CCOC(CNC(=O)CN1CCOc2ccccc21)OCC. The largest absolute Gasteiger partial charge is 0.490 e. The smallest absolute Gasteiger partial charge is 0.239 e. The number of hydrogen-bond donors (Lipinski definition) is 1. The van der Waals surface area contributed by atoms with Gasteiger partial charge in [0.2, 0.25) is 5.91 Å². The van der Waals surface area contributed by atoms with Gasteiger partial charge in [0.15, 0.2) is 6.29 Å². The Bertz CT molecular complexity index is 475. The molecule has 1 aliphatic heterocycles. The van der Waals surface area contributed by atoms with E-state index in [1.165, 1.54) is 0 Å². The highest BCUT2D eigenvalue weighted by atomic mass is 16.7. The van der Waals surface area contributed by atoms with Gasteiger partial charge in [0.1, 0.15) is 12.4 Å². The molecule has 122 valence electrons. The molecule has 1 aromatic carbocycles. The van der Waals surface area contributed by atoms with Crippen LogP contribution in [0.25, 0.3) is 0 Å². The van der Waals surface area contributed by atoms with Crippen molar-refractivity contribution in [2.45, 2.75) is 20.1 Å². The van der Waals surface area contributed by atoms with E-state index >= 15 is 0 Å². The fourth-order valence-corrected chi connectivity index (χ4v) is 2.36. The zero-order valence-corrected chi connectivity index (χ0v) is 13.2. The monoisotopic (exact) mass is 308 g/mol. The Kier molecular flexibility index (Phi) is 6.48. The van der Waals surface area contributed by atoms with Gasteiger partial charge in [-0.05, 0) is 26.0 Å². The van der Waals surface area contributed by atoms with Crippen LogP contribution in [0, 0.1) is 0 Å². The maximum absolute atomic E-state index is 12.1. The molecule has 0 aliphatic carbocycles. The van der Waals surface area contributed by atoms with Gasteiger partial charge in [-0.15, -0.1) is 0 Å². The van der Waals surface area contributed by atoms with E-state index in [-0.39, 0.29) is 5.91 Å². The minimum Gasteiger partial charge on any atom is -0.490 e. The summed E-state index contributed by atoms with van der Waals surface area (Å²) in [5, 5.41) is 2.86. The zero-order chi connectivity index (χ0) is 15.8. The summed E-state index contributed by atoms with van der Waals surface area (Å²) in [4.78, 5) is 14.1. The van der Waals surface area contributed by atoms with Crippen molar-refractivity contribution >= 4 is 11.6 Å². The van der Waals surface area contributed by atoms with Gasteiger partial charge < -0.3 is 24.4 Å². The van der Waals surface area contributed by atoms with Gasteiger partial charge in [-0.1, -0.05) is 12.1 Å². The molecule has 1 heterocycles. The summed E-state index contributed by atoms with van der Waals surface area (Å²) in [5.41, 5.74) is 0.954. The summed E-state index contributed by atoms with van der Waals surface area (Å²) in [6, 6.07) is 7.75. The van der Waals surface area contributed by atoms with E-state index in [4.69, 9.17) is 14.2 Å². The van der Waals surface area contributed by atoms with Gasteiger partial charge in [0.25, 0.3) is 0 Å². The minimum atomic E-state index is -0.393. The average Bonchev–Trinajstić information content (AvgIpc) is 2.53. The number of ether oxygens (including phenoxy) is 3. The third-order valence-electron chi connectivity index (χ3n) is 3.33. The second kappa shape index (κ2) is 8.60. The molecule has 0 radical (unpaired) electrons. The van der Waals surface area contributed by atoms with Crippen molar-refractivity contribution in [3.8, 4) is 5.75 Å². The summed E-state index contributed by atoms with van der Waals surface area (Å²) in [5.74, 6) is 0.768. The molecule has 0 fully saturated rings. The maximum atomic E-state index is 12.1. The van der Waals surface area contributed by atoms with Crippen LogP contribution in [0.4, 0.5) is 5.69 Å². The van der Waals surface area contributed by atoms with Crippen molar-refractivity contribution in [1.82, 2.24) is 5.32 Å². The fourth-order valence-electron chi connectivity index (χ4n) is 2.36. The first-order valence-corrected chi connectivity index (χ1v) is 7.71. The van der Waals surface area contributed by atoms with Gasteiger partial charge in [-0.25, -0.2) is 0 Å².